The maximum Gasteiger partial charge on any atom is 0.273 e. The molecule has 0 aliphatic carbocycles. The molecule has 3 aromatic carbocycles. The lowest BCUT2D eigenvalue weighted by molar-refractivity contribution is -0.111. The second-order valence-electron chi connectivity index (χ2n) is 6.97. The Morgan fingerprint density at radius 3 is 2.24 bits per heavy atom. The summed E-state index contributed by atoms with van der Waals surface area (Å²) < 4.78 is 7.26. The smallest absolute Gasteiger partial charge is 0.273 e. The third-order valence-corrected chi connectivity index (χ3v) is 5.93. The van der Waals surface area contributed by atoms with Gasteiger partial charge in [-0.3, -0.25) is 14.2 Å². The van der Waals surface area contributed by atoms with Crippen LogP contribution in [0.4, 0.5) is 5.69 Å². The van der Waals surface area contributed by atoms with Crippen molar-refractivity contribution in [3.8, 4) is 17.5 Å². The van der Waals surface area contributed by atoms with E-state index in [4.69, 9.17) is 4.74 Å². The number of carbonyl (C=O) groups excluding carboxylic acids is 1. The number of anilines is 1. The van der Waals surface area contributed by atoms with Crippen LogP contribution in [-0.2, 0) is 4.79 Å². The summed E-state index contributed by atoms with van der Waals surface area (Å²) in [5.41, 5.74) is 1.48. The Morgan fingerprint density at radius 1 is 1.00 bits per heavy atom. The molecule has 0 unspecified atom stereocenters. The van der Waals surface area contributed by atoms with Crippen LogP contribution < -0.4 is 24.8 Å². The van der Waals surface area contributed by atoms with E-state index in [0.717, 1.165) is 16.9 Å². The lowest BCUT2D eigenvalue weighted by atomic mass is 10.2. The quantitative estimate of drug-likeness (QED) is 0.503. The number of rotatable bonds is 5. The molecule has 1 heterocycles. The standard InChI is InChI=1S/C26H19N3O3S/c1-32-21-14-12-18(13-15-21)16-23-25(31)29(20-10-6-3-7-11-20)26(33-23)22(17-27)24(30)28-19-8-4-2-5-9-19/h2-16H,1H3,(H,28,30). The van der Waals surface area contributed by atoms with E-state index in [1.54, 1.807) is 73.8 Å². The zero-order valence-electron chi connectivity index (χ0n) is 17.7. The predicted molar refractivity (Wildman–Crippen MR) is 130 cm³/mol. The fourth-order valence-electron chi connectivity index (χ4n) is 3.22. The summed E-state index contributed by atoms with van der Waals surface area (Å²) in [4.78, 5) is 26.4. The zero-order chi connectivity index (χ0) is 23.2. The van der Waals surface area contributed by atoms with Gasteiger partial charge in [0.2, 0.25) is 0 Å². The summed E-state index contributed by atoms with van der Waals surface area (Å²) in [6.07, 6.45) is 1.74. The van der Waals surface area contributed by atoms with Gasteiger partial charge in [0.25, 0.3) is 11.5 Å². The molecular formula is C26H19N3O3S. The predicted octanol–water partition coefficient (Wildman–Crippen LogP) is 3.05. The summed E-state index contributed by atoms with van der Waals surface area (Å²) in [5.74, 6) is 0.129. The molecule has 4 aromatic rings. The van der Waals surface area contributed by atoms with Crippen molar-refractivity contribution in [2.24, 2.45) is 0 Å². The van der Waals surface area contributed by atoms with Gasteiger partial charge in [0, 0.05) is 5.69 Å². The highest BCUT2D eigenvalue weighted by molar-refractivity contribution is 7.07. The van der Waals surface area contributed by atoms with E-state index in [1.165, 1.54) is 4.57 Å². The van der Waals surface area contributed by atoms with Gasteiger partial charge < -0.3 is 10.1 Å². The highest BCUT2D eigenvalue weighted by atomic mass is 32.1. The van der Waals surface area contributed by atoms with Crippen molar-refractivity contribution in [2.75, 3.05) is 12.4 Å². The van der Waals surface area contributed by atoms with Crippen molar-refractivity contribution < 1.29 is 9.53 Å². The summed E-state index contributed by atoms with van der Waals surface area (Å²) in [5, 5.41) is 12.6. The fourth-order valence-corrected chi connectivity index (χ4v) is 4.33. The molecule has 0 radical (unpaired) electrons. The average molecular weight is 454 g/mol. The summed E-state index contributed by atoms with van der Waals surface area (Å²) in [6, 6.07) is 27.1. The van der Waals surface area contributed by atoms with Crippen molar-refractivity contribution in [1.29, 1.82) is 5.26 Å². The molecule has 0 saturated carbocycles. The zero-order valence-corrected chi connectivity index (χ0v) is 18.5. The van der Waals surface area contributed by atoms with E-state index in [1.807, 2.05) is 30.3 Å². The number of para-hydroxylation sites is 2. The number of aromatic nitrogens is 1. The molecule has 1 amide bonds. The minimum Gasteiger partial charge on any atom is -0.497 e. The Balaban J connectivity index is 1.93. The number of amides is 1. The normalized spacial score (nSPS) is 12.1. The number of hydrogen-bond donors (Lipinski definition) is 1. The van der Waals surface area contributed by atoms with Gasteiger partial charge in [-0.1, -0.05) is 48.5 Å². The molecule has 4 rings (SSSR count). The van der Waals surface area contributed by atoms with Crippen molar-refractivity contribution in [2.45, 2.75) is 0 Å². The molecule has 1 N–H and O–H groups in total. The van der Waals surface area contributed by atoms with Gasteiger partial charge in [0.1, 0.15) is 16.5 Å². The molecular weight excluding hydrogens is 434 g/mol. The average Bonchev–Trinajstić information content (AvgIpc) is 3.16. The van der Waals surface area contributed by atoms with E-state index in [9.17, 15) is 14.9 Å². The number of carbonyl (C=O) groups is 1. The van der Waals surface area contributed by atoms with Crippen molar-refractivity contribution in [3.63, 3.8) is 0 Å². The van der Waals surface area contributed by atoms with E-state index in [-0.39, 0.29) is 15.8 Å². The molecule has 0 spiro atoms. The highest BCUT2D eigenvalue weighted by Gasteiger charge is 2.17. The molecule has 0 bridgehead atoms. The number of hydrogen-bond acceptors (Lipinski definition) is 5. The molecule has 0 saturated heterocycles. The van der Waals surface area contributed by atoms with Crippen LogP contribution >= 0.6 is 11.3 Å². The number of ether oxygens (including phenoxy) is 1. The number of benzene rings is 3. The van der Waals surface area contributed by atoms with Gasteiger partial charge in [-0.15, -0.1) is 11.3 Å². The maximum absolute atomic E-state index is 13.4. The van der Waals surface area contributed by atoms with Gasteiger partial charge in [0.05, 0.1) is 17.3 Å². The molecule has 0 aliphatic rings. The molecule has 0 aliphatic heterocycles. The van der Waals surface area contributed by atoms with Gasteiger partial charge in [-0.25, -0.2) is 0 Å². The molecule has 162 valence electrons. The summed E-state index contributed by atoms with van der Waals surface area (Å²) in [7, 11) is 1.59. The first-order valence-electron chi connectivity index (χ1n) is 10.0. The molecule has 0 fully saturated rings. The topological polar surface area (TPSA) is 84.1 Å². The van der Waals surface area contributed by atoms with Crippen molar-refractivity contribution in [1.82, 2.24) is 4.57 Å². The van der Waals surface area contributed by atoms with Crippen molar-refractivity contribution >= 4 is 34.6 Å². The van der Waals surface area contributed by atoms with Crippen molar-refractivity contribution in [3.05, 3.63) is 110 Å². The Kier molecular flexibility index (Phi) is 6.48. The van der Waals surface area contributed by atoms with Crippen LogP contribution in [-0.4, -0.2) is 17.6 Å². The fraction of sp³-hybridized carbons (Fsp3) is 0.0385. The summed E-state index contributed by atoms with van der Waals surface area (Å²) in [6.45, 7) is 0. The van der Waals surface area contributed by atoms with Gasteiger partial charge in [0.15, 0.2) is 5.57 Å². The molecule has 1 aromatic heterocycles. The van der Waals surface area contributed by atoms with Gasteiger partial charge in [-0.2, -0.15) is 5.26 Å². The van der Waals surface area contributed by atoms with E-state index >= 15 is 0 Å². The molecule has 0 atom stereocenters. The number of nitrogens with one attached hydrogen (secondary N) is 1. The van der Waals surface area contributed by atoms with Crippen LogP contribution in [0.25, 0.3) is 17.3 Å². The van der Waals surface area contributed by atoms with Crippen LogP contribution in [0.2, 0.25) is 0 Å². The van der Waals surface area contributed by atoms with Crippen LogP contribution in [0, 0.1) is 11.3 Å². The molecule has 7 heteroatoms. The Morgan fingerprint density at radius 2 is 1.64 bits per heavy atom. The number of methoxy groups -OCH3 is 1. The van der Waals surface area contributed by atoms with E-state index in [2.05, 4.69) is 5.32 Å². The first-order chi connectivity index (χ1) is 16.1. The minimum atomic E-state index is -0.578. The maximum atomic E-state index is 13.4. The monoisotopic (exact) mass is 453 g/mol. The lowest BCUT2D eigenvalue weighted by Gasteiger charge is -2.05. The number of thiazole rings is 1. The van der Waals surface area contributed by atoms with Gasteiger partial charge in [-0.05, 0) is 48.0 Å². The highest BCUT2D eigenvalue weighted by Crippen LogP contribution is 2.12. The Bertz CT molecular complexity index is 1500. The second kappa shape index (κ2) is 9.81. The van der Waals surface area contributed by atoms with Crippen LogP contribution in [0.15, 0.2) is 89.7 Å². The summed E-state index contributed by atoms with van der Waals surface area (Å²) >= 11 is 1.10. The van der Waals surface area contributed by atoms with E-state index < -0.39 is 5.91 Å². The first-order valence-corrected chi connectivity index (χ1v) is 10.9. The van der Waals surface area contributed by atoms with Crippen LogP contribution in [0.5, 0.6) is 5.75 Å². The first kappa shape index (κ1) is 21.8. The second-order valence-corrected chi connectivity index (χ2v) is 8.00. The molecule has 33 heavy (non-hydrogen) atoms. The SMILES string of the molecule is COc1ccc(C=c2sc(=C(C#N)C(=O)Nc3ccccc3)n(-c3ccccc3)c2=O)cc1. The third-order valence-electron chi connectivity index (χ3n) is 4.84. The lowest BCUT2D eigenvalue weighted by Crippen LogP contribution is -2.32. The van der Waals surface area contributed by atoms with Crippen LogP contribution in [0.3, 0.4) is 0 Å². The number of nitriles is 1. The number of nitrogens with zero attached hydrogens (tertiary/aromatic N) is 2. The largest absolute Gasteiger partial charge is 0.497 e. The third kappa shape index (κ3) is 4.76. The Hall–Kier alpha value is -4.41. The molecule has 6 nitrogen and oxygen atoms in total. The minimum absolute atomic E-state index is 0.140. The Labute approximate surface area is 193 Å². The van der Waals surface area contributed by atoms with Crippen LogP contribution in [0.1, 0.15) is 5.56 Å². The van der Waals surface area contributed by atoms with E-state index in [0.29, 0.717) is 21.7 Å². The van der Waals surface area contributed by atoms with Gasteiger partial charge >= 0.3 is 0 Å².